The molecular weight excluding hydrogens is 241 g/mol. The zero-order valence-corrected chi connectivity index (χ0v) is 10.4. The van der Waals surface area contributed by atoms with Gasteiger partial charge < -0.3 is 4.40 Å². The minimum atomic E-state index is -0.251. The van der Waals surface area contributed by atoms with Crippen LogP contribution in [0.25, 0.3) is 16.6 Å². The van der Waals surface area contributed by atoms with Gasteiger partial charge in [-0.2, -0.15) is 0 Å². The first kappa shape index (κ1) is 11.7. The van der Waals surface area contributed by atoms with Gasteiger partial charge in [-0.15, -0.1) is 0 Å². The third-order valence-corrected chi connectivity index (χ3v) is 3.34. The second-order valence-corrected chi connectivity index (χ2v) is 4.48. The third kappa shape index (κ3) is 1.83. The fraction of sp³-hybridized carbons (Fsp3) is 0.0625. The van der Waals surface area contributed by atoms with Gasteiger partial charge >= 0.3 is 0 Å². The highest BCUT2D eigenvalue weighted by Gasteiger charge is 2.10. The zero-order chi connectivity index (χ0) is 13.4. The van der Waals surface area contributed by atoms with Crippen molar-refractivity contribution in [2.75, 3.05) is 0 Å². The van der Waals surface area contributed by atoms with Gasteiger partial charge in [0.1, 0.15) is 5.82 Å². The summed E-state index contributed by atoms with van der Waals surface area (Å²) in [7, 11) is 0. The molecule has 94 valence electrons. The summed E-state index contributed by atoms with van der Waals surface area (Å²) in [6.07, 6.45) is 0.842. The van der Waals surface area contributed by atoms with Crippen LogP contribution in [-0.2, 0) is 0 Å². The molecule has 0 radical (unpaired) electrons. The lowest BCUT2D eigenvalue weighted by Gasteiger charge is -2.03. The lowest BCUT2D eigenvalue weighted by Crippen LogP contribution is -1.96. The molecule has 2 aromatic heterocycles. The predicted octanol–water partition coefficient (Wildman–Crippen LogP) is 3.87. The van der Waals surface area contributed by atoms with E-state index in [2.05, 4.69) is 0 Å². The van der Waals surface area contributed by atoms with E-state index in [0.29, 0.717) is 5.69 Å². The molecule has 0 fully saturated rings. The van der Waals surface area contributed by atoms with Crippen molar-refractivity contribution in [2.45, 2.75) is 6.92 Å². The van der Waals surface area contributed by atoms with E-state index in [1.165, 1.54) is 12.1 Å². The number of carbonyl (C=O) groups excluding carboxylic acids is 1. The maximum atomic E-state index is 13.0. The number of aryl methyl sites for hydroxylation is 1. The number of aromatic nitrogens is 1. The number of fused-ring (bicyclic) bond motifs is 1. The maximum Gasteiger partial charge on any atom is 0.166 e. The molecule has 1 aromatic carbocycles. The molecule has 0 unspecified atom stereocenters. The molecule has 3 aromatic rings. The number of aldehydes is 1. The molecule has 0 saturated heterocycles. The van der Waals surface area contributed by atoms with E-state index < -0.39 is 0 Å². The Morgan fingerprint density at radius 3 is 2.53 bits per heavy atom. The van der Waals surface area contributed by atoms with Gasteiger partial charge in [-0.1, -0.05) is 18.2 Å². The van der Waals surface area contributed by atoms with Crippen LogP contribution >= 0.6 is 0 Å². The number of nitrogens with zero attached hydrogens (tertiary/aromatic N) is 1. The van der Waals surface area contributed by atoms with Crippen molar-refractivity contribution < 1.29 is 9.18 Å². The normalized spacial score (nSPS) is 10.8. The summed E-state index contributed by atoms with van der Waals surface area (Å²) in [5.74, 6) is -0.251. The Bertz CT molecular complexity index is 756. The largest absolute Gasteiger partial charge is 0.311 e. The van der Waals surface area contributed by atoms with Gasteiger partial charge in [0, 0.05) is 16.8 Å². The standard InChI is InChI=1S/C16H12FNO/c1-11-16(12-5-7-13(17)8-6-12)9-14-3-2-4-15(10-19)18(11)14/h2-10H,1H3. The topological polar surface area (TPSA) is 21.5 Å². The van der Waals surface area contributed by atoms with E-state index in [1.807, 2.05) is 29.5 Å². The molecule has 3 rings (SSSR count). The van der Waals surface area contributed by atoms with Crippen LogP contribution in [0.15, 0.2) is 48.5 Å². The van der Waals surface area contributed by atoms with Crippen molar-refractivity contribution in [3.63, 3.8) is 0 Å². The molecule has 0 aliphatic heterocycles. The van der Waals surface area contributed by atoms with Crippen molar-refractivity contribution >= 4 is 11.8 Å². The number of hydrogen-bond donors (Lipinski definition) is 0. The predicted molar refractivity (Wildman–Crippen MR) is 72.9 cm³/mol. The summed E-state index contributed by atoms with van der Waals surface area (Å²) in [5.41, 5.74) is 4.50. The molecule has 0 amide bonds. The molecule has 2 nitrogen and oxygen atoms in total. The summed E-state index contributed by atoms with van der Waals surface area (Å²) in [5, 5.41) is 0. The highest BCUT2D eigenvalue weighted by molar-refractivity contribution is 5.79. The fourth-order valence-electron chi connectivity index (χ4n) is 2.43. The van der Waals surface area contributed by atoms with Crippen LogP contribution in [0.5, 0.6) is 0 Å². The first-order valence-corrected chi connectivity index (χ1v) is 6.03. The number of benzene rings is 1. The quantitative estimate of drug-likeness (QED) is 0.635. The number of rotatable bonds is 2. The average Bonchev–Trinajstić information content (AvgIpc) is 2.77. The SMILES string of the molecule is Cc1c(-c2ccc(F)cc2)cc2cccc(C=O)n12. The van der Waals surface area contributed by atoms with Crippen molar-refractivity contribution in [2.24, 2.45) is 0 Å². The van der Waals surface area contributed by atoms with Crippen LogP contribution in [0, 0.1) is 12.7 Å². The zero-order valence-electron chi connectivity index (χ0n) is 10.4. The smallest absolute Gasteiger partial charge is 0.166 e. The van der Waals surface area contributed by atoms with E-state index in [-0.39, 0.29) is 5.82 Å². The number of pyridine rings is 1. The summed E-state index contributed by atoms with van der Waals surface area (Å²) >= 11 is 0. The number of carbonyl (C=O) groups is 1. The van der Waals surface area contributed by atoms with E-state index >= 15 is 0 Å². The van der Waals surface area contributed by atoms with Gasteiger partial charge in [0.15, 0.2) is 6.29 Å². The van der Waals surface area contributed by atoms with Crippen molar-refractivity contribution in [3.05, 3.63) is 65.7 Å². The first-order valence-electron chi connectivity index (χ1n) is 6.03. The number of halogens is 1. The molecule has 0 aliphatic rings. The van der Waals surface area contributed by atoms with Crippen LogP contribution in [0.1, 0.15) is 16.2 Å². The minimum absolute atomic E-state index is 0.251. The second kappa shape index (κ2) is 4.35. The molecule has 3 heteroatoms. The summed E-state index contributed by atoms with van der Waals surface area (Å²) in [6.45, 7) is 1.96. The fourth-order valence-corrected chi connectivity index (χ4v) is 2.43. The Morgan fingerprint density at radius 1 is 1.11 bits per heavy atom. The summed E-state index contributed by atoms with van der Waals surface area (Å²) < 4.78 is 14.9. The summed E-state index contributed by atoms with van der Waals surface area (Å²) in [6, 6.07) is 14.0. The van der Waals surface area contributed by atoms with Gasteiger partial charge in [-0.05, 0) is 42.8 Å². The van der Waals surface area contributed by atoms with Gasteiger partial charge in [0.2, 0.25) is 0 Å². The Hall–Kier alpha value is -2.42. The Labute approximate surface area is 110 Å². The molecule has 0 spiro atoms. The molecule has 19 heavy (non-hydrogen) atoms. The van der Waals surface area contributed by atoms with Gasteiger partial charge in [-0.25, -0.2) is 4.39 Å². The third-order valence-electron chi connectivity index (χ3n) is 3.34. The van der Waals surface area contributed by atoms with Crippen LogP contribution in [-0.4, -0.2) is 10.7 Å². The Balaban J connectivity index is 2.28. The Morgan fingerprint density at radius 2 is 1.84 bits per heavy atom. The highest BCUT2D eigenvalue weighted by Crippen LogP contribution is 2.28. The highest BCUT2D eigenvalue weighted by atomic mass is 19.1. The first-order chi connectivity index (χ1) is 9.20. The molecule has 0 bridgehead atoms. The van der Waals surface area contributed by atoms with E-state index in [0.717, 1.165) is 28.6 Å². The van der Waals surface area contributed by atoms with Crippen LogP contribution in [0.3, 0.4) is 0 Å². The van der Waals surface area contributed by atoms with Crippen molar-refractivity contribution in [3.8, 4) is 11.1 Å². The lowest BCUT2D eigenvalue weighted by molar-refractivity contribution is 0.111. The van der Waals surface area contributed by atoms with Gasteiger partial charge in [0.25, 0.3) is 0 Å². The van der Waals surface area contributed by atoms with Crippen molar-refractivity contribution in [1.29, 1.82) is 0 Å². The van der Waals surface area contributed by atoms with E-state index in [4.69, 9.17) is 0 Å². The van der Waals surface area contributed by atoms with E-state index in [1.54, 1.807) is 18.2 Å². The monoisotopic (exact) mass is 253 g/mol. The van der Waals surface area contributed by atoms with Crippen LogP contribution < -0.4 is 0 Å². The maximum absolute atomic E-state index is 13.0. The average molecular weight is 253 g/mol. The second-order valence-electron chi connectivity index (χ2n) is 4.48. The molecular formula is C16H12FNO. The Kier molecular flexibility index (Phi) is 2.67. The lowest BCUT2D eigenvalue weighted by atomic mass is 10.1. The molecule has 0 N–H and O–H groups in total. The number of hydrogen-bond acceptors (Lipinski definition) is 1. The minimum Gasteiger partial charge on any atom is -0.311 e. The molecule has 0 atom stereocenters. The van der Waals surface area contributed by atoms with E-state index in [9.17, 15) is 9.18 Å². The van der Waals surface area contributed by atoms with Gasteiger partial charge in [0.05, 0.1) is 5.69 Å². The molecule has 0 saturated carbocycles. The molecule has 0 aliphatic carbocycles. The van der Waals surface area contributed by atoms with Crippen LogP contribution in [0.4, 0.5) is 4.39 Å². The van der Waals surface area contributed by atoms with Crippen molar-refractivity contribution in [1.82, 2.24) is 4.40 Å². The van der Waals surface area contributed by atoms with Crippen LogP contribution in [0.2, 0.25) is 0 Å². The molecule has 2 heterocycles. The van der Waals surface area contributed by atoms with Gasteiger partial charge in [-0.3, -0.25) is 4.79 Å². The summed E-state index contributed by atoms with van der Waals surface area (Å²) in [4.78, 5) is 11.1.